The molecule has 1 fully saturated rings. The summed E-state index contributed by atoms with van der Waals surface area (Å²) < 4.78 is 0. The Labute approximate surface area is 177 Å². The van der Waals surface area contributed by atoms with E-state index >= 15 is 0 Å². The zero-order chi connectivity index (χ0) is 20.8. The van der Waals surface area contributed by atoms with Crippen molar-refractivity contribution in [1.82, 2.24) is 10.2 Å². The normalized spacial score (nSPS) is 17.2. The molecular formula is C23H28ClN3O2. The summed E-state index contributed by atoms with van der Waals surface area (Å²) in [6.45, 7) is 6.26. The molecule has 2 aromatic carbocycles. The molecule has 0 aromatic heterocycles. The first kappa shape index (κ1) is 21.3. The minimum atomic E-state index is -0.179. The summed E-state index contributed by atoms with van der Waals surface area (Å²) in [6, 6.07) is 15.0. The quantitative estimate of drug-likeness (QED) is 0.740. The third-order valence-corrected chi connectivity index (χ3v) is 5.26. The van der Waals surface area contributed by atoms with E-state index in [0.29, 0.717) is 17.8 Å². The molecule has 2 N–H and O–H groups in total. The fraction of sp³-hybridized carbons (Fsp3) is 0.391. The first-order chi connectivity index (χ1) is 13.9. The number of rotatable bonds is 6. The predicted molar refractivity (Wildman–Crippen MR) is 117 cm³/mol. The lowest BCUT2D eigenvalue weighted by Gasteiger charge is -2.32. The lowest BCUT2D eigenvalue weighted by atomic mass is 9.96. The summed E-state index contributed by atoms with van der Waals surface area (Å²) in [5.74, 6) is -0.322. The van der Waals surface area contributed by atoms with Crippen LogP contribution in [0, 0.1) is 5.92 Å². The molecule has 29 heavy (non-hydrogen) atoms. The number of para-hydroxylation sites is 1. The fourth-order valence-corrected chi connectivity index (χ4v) is 3.88. The van der Waals surface area contributed by atoms with Gasteiger partial charge in [-0.2, -0.15) is 0 Å². The molecule has 0 spiro atoms. The van der Waals surface area contributed by atoms with Crippen LogP contribution in [-0.4, -0.2) is 35.8 Å². The number of likely N-dealkylation sites (tertiary alicyclic amines) is 1. The Kier molecular flexibility index (Phi) is 7.29. The van der Waals surface area contributed by atoms with Crippen LogP contribution in [0.15, 0.2) is 48.5 Å². The SMILES string of the molecule is CC(C)NC(=O)c1ccccc1NC(=O)C1CCCN(Cc2cccc(Cl)c2)C1. The van der Waals surface area contributed by atoms with Crippen LogP contribution < -0.4 is 10.6 Å². The minimum absolute atomic E-state index is 0.0321. The minimum Gasteiger partial charge on any atom is -0.350 e. The molecule has 1 atom stereocenters. The van der Waals surface area contributed by atoms with E-state index in [1.807, 2.05) is 38.1 Å². The molecule has 1 aliphatic rings. The second-order valence-electron chi connectivity index (χ2n) is 7.87. The van der Waals surface area contributed by atoms with Crippen LogP contribution in [0.2, 0.25) is 5.02 Å². The average Bonchev–Trinajstić information content (AvgIpc) is 2.68. The summed E-state index contributed by atoms with van der Waals surface area (Å²) in [4.78, 5) is 27.6. The maximum atomic E-state index is 12.9. The van der Waals surface area contributed by atoms with Gasteiger partial charge < -0.3 is 10.6 Å². The highest BCUT2D eigenvalue weighted by Crippen LogP contribution is 2.23. The molecule has 3 rings (SSSR count). The number of nitrogens with zero attached hydrogens (tertiary/aromatic N) is 1. The molecular weight excluding hydrogens is 386 g/mol. The molecule has 154 valence electrons. The van der Waals surface area contributed by atoms with Crippen LogP contribution in [0.3, 0.4) is 0 Å². The number of anilines is 1. The van der Waals surface area contributed by atoms with Gasteiger partial charge in [0.1, 0.15) is 0 Å². The Balaban J connectivity index is 1.64. The Morgan fingerprint density at radius 1 is 1.17 bits per heavy atom. The summed E-state index contributed by atoms with van der Waals surface area (Å²) in [5.41, 5.74) is 2.19. The molecule has 0 saturated carbocycles. The zero-order valence-corrected chi connectivity index (χ0v) is 17.7. The number of nitrogens with one attached hydrogen (secondary N) is 2. The molecule has 0 radical (unpaired) electrons. The van der Waals surface area contributed by atoms with Crippen molar-refractivity contribution in [2.75, 3.05) is 18.4 Å². The van der Waals surface area contributed by atoms with Crippen LogP contribution in [0.5, 0.6) is 0 Å². The number of carbonyl (C=O) groups excluding carboxylic acids is 2. The van der Waals surface area contributed by atoms with Crippen LogP contribution in [-0.2, 0) is 11.3 Å². The Morgan fingerprint density at radius 2 is 1.97 bits per heavy atom. The van der Waals surface area contributed by atoms with Crippen LogP contribution in [0.25, 0.3) is 0 Å². The highest BCUT2D eigenvalue weighted by molar-refractivity contribution is 6.30. The summed E-state index contributed by atoms with van der Waals surface area (Å²) in [7, 11) is 0. The number of halogens is 1. The van der Waals surface area contributed by atoms with Gasteiger partial charge in [0, 0.05) is 24.2 Å². The standard InChI is InChI=1S/C23H28ClN3O2/c1-16(2)25-23(29)20-10-3-4-11-21(20)26-22(28)18-8-6-12-27(15-18)14-17-7-5-9-19(24)13-17/h3-5,7,9-11,13,16,18H,6,8,12,14-15H2,1-2H3,(H,25,29)(H,26,28). The third-order valence-electron chi connectivity index (χ3n) is 5.02. The molecule has 1 aliphatic heterocycles. The second kappa shape index (κ2) is 9.90. The summed E-state index contributed by atoms with van der Waals surface area (Å²) in [6.07, 6.45) is 1.81. The first-order valence-corrected chi connectivity index (χ1v) is 10.5. The van der Waals surface area contributed by atoms with E-state index in [0.717, 1.165) is 36.5 Å². The monoisotopic (exact) mass is 413 g/mol. The maximum absolute atomic E-state index is 12.9. The van der Waals surface area contributed by atoms with Gasteiger partial charge in [-0.1, -0.05) is 35.9 Å². The third kappa shape index (κ3) is 6.05. The molecule has 2 aromatic rings. The Morgan fingerprint density at radius 3 is 2.72 bits per heavy atom. The highest BCUT2D eigenvalue weighted by Gasteiger charge is 2.26. The summed E-state index contributed by atoms with van der Waals surface area (Å²) in [5, 5.41) is 6.59. The van der Waals surface area contributed by atoms with Gasteiger partial charge in [0.2, 0.25) is 5.91 Å². The molecule has 1 unspecified atom stereocenters. The molecule has 0 bridgehead atoms. The molecule has 5 nitrogen and oxygen atoms in total. The number of carbonyl (C=O) groups is 2. The van der Waals surface area contributed by atoms with E-state index in [2.05, 4.69) is 21.6 Å². The van der Waals surface area contributed by atoms with Crippen molar-refractivity contribution < 1.29 is 9.59 Å². The van der Waals surface area contributed by atoms with Gasteiger partial charge in [-0.25, -0.2) is 0 Å². The number of piperidine rings is 1. The summed E-state index contributed by atoms with van der Waals surface area (Å²) >= 11 is 6.09. The molecule has 2 amide bonds. The maximum Gasteiger partial charge on any atom is 0.253 e. The largest absolute Gasteiger partial charge is 0.350 e. The number of hydrogen-bond donors (Lipinski definition) is 2. The number of amides is 2. The molecule has 1 heterocycles. The Hall–Kier alpha value is -2.37. The van der Waals surface area contributed by atoms with Crippen molar-refractivity contribution in [2.45, 2.75) is 39.3 Å². The predicted octanol–water partition coefficient (Wildman–Crippen LogP) is 4.33. The van der Waals surface area contributed by atoms with Gasteiger partial charge in [-0.05, 0) is 63.1 Å². The molecule has 0 aliphatic carbocycles. The van der Waals surface area contributed by atoms with Crippen LogP contribution in [0.4, 0.5) is 5.69 Å². The smallest absolute Gasteiger partial charge is 0.253 e. The van der Waals surface area contributed by atoms with Gasteiger partial charge in [0.15, 0.2) is 0 Å². The van der Waals surface area contributed by atoms with E-state index in [-0.39, 0.29) is 23.8 Å². The van der Waals surface area contributed by atoms with Gasteiger partial charge in [0.25, 0.3) is 5.91 Å². The lowest BCUT2D eigenvalue weighted by Crippen LogP contribution is -2.40. The molecule has 1 saturated heterocycles. The van der Waals surface area contributed by atoms with Crippen molar-refractivity contribution >= 4 is 29.1 Å². The highest BCUT2D eigenvalue weighted by atomic mass is 35.5. The fourth-order valence-electron chi connectivity index (χ4n) is 3.67. The molecule has 6 heteroatoms. The average molecular weight is 414 g/mol. The van der Waals surface area contributed by atoms with Crippen molar-refractivity contribution in [3.8, 4) is 0 Å². The zero-order valence-electron chi connectivity index (χ0n) is 17.0. The van der Waals surface area contributed by atoms with Gasteiger partial charge >= 0.3 is 0 Å². The number of hydrogen-bond acceptors (Lipinski definition) is 3. The van der Waals surface area contributed by atoms with E-state index in [9.17, 15) is 9.59 Å². The topological polar surface area (TPSA) is 61.4 Å². The van der Waals surface area contributed by atoms with Crippen molar-refractivity contribution in [3.05, 3.63) is 64.7 Å². The van der Waals surface area contributed by atoms with Crippen LogP contribution >= 0.6 is 11.6 Å². The first-order valence-electron chi connectivity index (χ1n) is 10.1. The van der Waals surface area contributed by atoms with E-state index < -0.39 is 0 Å². The second-order valence-corrected chi connectivity index (χ2v) is 8.30. The van der Waals surface area contributed by atoms with Crippen LogP contribution in [0.1, 0.15) is 42.6 Å². The van der Waals surface area contributed by atoms with Crippen molar-refractivity contribution in [1.29, 1.82) is 0 Å². The number of benzene rings is 2. The van der Waals surface area contributed by atoms with E-state index in [4.69, 9.17) is 11.6 Å². The van der Waals surface area contributed by atoms with Crippen molar-refractivity contribution in [3.63, 3.8) is 0 Å². The van der Waals surface area contributed by atoms with Gasteiger partial charge in [0.05, 0.1) is 17.2 Å². The lowest BCUT2D eigenvalue weighted by molar-refractivity contribution is -0.121. The van der Waals surface area contributed by atoms with E-state index in [1.165, 1.54) is 0 Å². The van der Waals surface area contributed by atoms with E-state index in [1.54, 1.807) is 18.2 Å². The Bertz CT molecular complexity index is 869. The van der Waals surface area contributed by atoms with Crippen molar-refractivity contribution in [2.24, 2.45) is 5.92 Å². The van der Waals surface area contributed by atoms with Gasteiger partial charge in [-0.15, -0.1) is 0 Å². The van der Waals surface area contributed by atoms with Gasteiger partial charge in [-0.3, -0.25) is 14.5 Å².